The number of carbonyl (C=O) groups excluding carboxylic acids is 1. The Morgan fingerprint density at radius 3 is 3.00 bits per heavy atom. The molecule has 0 amide bonds. The number of aryl methyl sites for hydroxylation is 1. The van der Waals surface area contributed by atoms with E-state index < -0.39 is 0 Å². The molecule has 1 unspecified atom stereocenters. The second kappa shape index (κ2) is 5.96. The van der Waals surface area contributed by atoms with E-state index in [0.29, 0.717) is 24.1 Å². The Labute approximate surface area is 149 Å². The zero-order valence-corrected chi connectivity index (χ0v) is 15.1. The van der Waals surface area contributed by atoms with Crippen molar-refractivity contribution >= 4 is 5.78 Å². The zero-order chi connectivity index (χ0) is 17.8. The lowest BCUT2D eigenvalue weighted by Crippen LogP contribution is -2.63. The van der Waals surface area contributed by atoms with Crippen molar-refractivity contribution in [2.24, 2.45) is 5.92 Å². The van der Waals surface area contributed by atoms with Crippen LogP contribution in [0, 0.1) is 12.8 Å². The van der Waals surface area contributed by atoms with Gasteiger partial charge < -0.3 is 9.84 Å². The van der Waals surface area contributed by atoms with Crippen LogP contribution in [0.2, 0.25) is 0 Å². The van der Waals surface area contributed by atoms with E-state index in [1.807, 2.05) is 19.1 Å². The second-order valence-electron chi connectivity index (χ2n) is 7.94. The van der Waals surface area contributed by atoms with E-state index in [4.69, 9.17) is 4.74 Å². The average Bonchev–Trinajstić information content (AvgIpc) is 2.59. The minimum absolute atomic E-state index is 0.184. The van der Waals surface area contributed by atoms with Crippen molar-refractivity contribution in [3.05, 3.63) is 41.5 Å². The summed E-state index contributed by atoms with van der Waals surface area (Å²) in [5.41, 5.74) is 2.93. The van der Waals surface area contributed by atoms with Crippen LogP contribution in [-0.4, -0.2) is 48.1 Å². The molecule has 4 heteroatoms. The lowest BCUT2D eigenvalue weighted by Gasteiger charge is -2.59. The molecule has 0 radical (unpaired) electrons. The van der Waals surface area contributed by atoms with Gasteiger partial charge in [-0.2, -0.15) is 0 Å². The van der Waals surface area contributed by atoms with E-state index in [1.165, 1.54) is 5.56 Å². The molecule has 134 valence electrons. The van der Waals surface area contributed by atoms with Gasteiger partial charge in [0.05, 0.1) is 0 Å². The summed E-state index contributed by atoms with van der Waals surface area (Å²) in [7, 11) is 1.64. The molecule has 25 heavy (non-hydrogen) atoms. The maximum Gasteiger partial charge on any atom is 0.162 e. The first kappa shape index (κ1) is 16.8. The number of piperidine rings is 1. The van der Waals surface area contributed by atoms with Gasteiger partial charge in [-0.15, -0.1) is 6.58 Å². The number of Topliss-reactive ketones (excluding diaryl/α,β-unsaturated/α-hetero) is 1. The summed E-state index contributed by atoms with van der Waals surface area (Å²) in [4.78, 5) is 15.3. The number of phenolic OH excluding ortho intramolecular Hbond substituents is 1. The number of methoxy groups -OCH3 is 1. The van der Waals surface area contributed by atoms with E-state index in [9.17, 15) is 9.90 Å². The molecule has 2 bridgehead atoms. The van der Waals surface area contributed by atoms with Crippen molar-refractivity contribution in [2.45, 2.75) is 50.2 Å². The number of phenols is 1. The number of benzene rings is 1. The fourth-order valence-corrected chi connectivity index (χ4v) is 5.68. The third-order valence-electron chi connectivity index (χ3n) is 6.85. The van der Waals surface area contributed by atoms with Gasteiger partial charge in [0.15, 0.2) is 5.78 Å². The summed E-state index contributed by atoms with van der Waals surface area (Å²) in [5, 5.41) is 10.9. The minimum Gasteiger partial charge on any atom is -0.507 e. The van der Waals surface area contributed by atoms with Gasteiger partial charge in [0, 0.05) is 37.1 Å². The summed E-state index contributed by atoms with van der Waals surface area (Å²) < 4.78 is 5.50. The Kier molecular flexibility index (Phi) is 4.00. The van der Waals surface area contributed by atoms with E-state index in [2.05, 4.69) is 17.5 Å². The van der Waals surface area contributed by atoms with Crippen LogP contribution < -0.4 is 0 Å². The Balaban J connectivity index is 1.88. The highest BCUT2D eigenvalue weighted by atomic mass is 16.5. The van der Waals surface area contributed by atoms with Crippen molar-refractivity contribution in [1.82, 2.24) is 4.90 Å². The van der Waals surface area contributed by atoms with Gasteiger partial charge in [-0.1, -0.05) is 18.2 Å². The number of ether oxygens (including phenoxy) is 1. The predicted octanol–water partition coefficient (Wildman–Crippen LogP) is 2.75. The largest absolute Gasteiger partial charge is 0.507 e. The molecule has 1 saturated carbocycles. The molecular weight excluding hydrogens is 314 g/mol. The normalized spacial score (nSPS) is 34.3. The van der Waals surface area contributed by atoms with E-state index in [-0.39, 0.29) is 17.3 Å². The third-order valence-corrected chi connectivity index (χ3v) is 6.85. The number of nitrogens with zero attached hydrogens (tertiary/aromatic N) is 1. The number of likely N-dealkylation sites (tertiary alicyclic amines) is 1. The summed E-state index contributed by atoms with van der Waals surface area (Å²) in [6.45, 7) is 7.68. The minimum atomic E-state index is -0.308. The third kappa shape index (κ3) is 2.31. The lowest BCUT2D eigenvalue weighted by molar-refractivity contribution is -0.142. The Morgan fingerprint density at radius 1 is 1.48 bits per heavy atom. The van der Waals surface area contributed by atoms with E-state index in [1.54, 1.807) is 7.11 Å². The van der Waals surface area contributed by atoms with Crippen molar-refractivity contribution in [3.63, 3.8) is 0 Å². The van der Waals surface area contributed by atoms with Crippen LogP contribution in [0.5, 0.6) is 5.75 Å². The molecule has 3 aliphatic rings. The SMILES string of the molecule is C=CCN1CC[C@@]23CC(=O)C(OC)C[C@@H]2[C@@H]1Cc1ccc(C)c(O)c13. The number of fused-ring (bicyclic) bond motifs is 1. The maximum atomic E-state index is 12.8. The van der Waals surface area contributed by atoms with Gasteiger partial charge in [-0.25, -0.2) is 0 Å². The van der Waals surface area contributed by atoms with Gasteiger partial charge in [0.2, 0.25) is 0 Å². The van der Waals surface area contributed by atoms with Crippen LogP contribution in [0.25, 0.3) is 0 Å². The molecule has 1 N–H and O–H groups in total. The topological polar surface area (TPSA) is 49.8 Å². The smallest absolute Gasteiger partial charge is 0.162 e. The Bertz CT molecular complexity index is 728. The van der Waals surface area contributed by atoms with Crippen LogP contribution in [0.4, 0.5) is 0 Å². The monoisotopic (exact) mass is 341 g/mol. The summed E-state index contributed by atoms with van der Waals surface area (Å²) >= 11 is 0. The van der Waals surface area contributed by atoms with Gasteiger partial charge in [-0.3, -0.25) is 9.69 Å². The number of hydrogen-bond donors (Lipinski definition) is 1. The fourth-order valence-electron chi connectivity index (χ4n) is 5.68. The van der Waals surface area contributed by atoms with E-state index >= 15 is 0 Å². The molecule has 4 nitrogen and oxygen atoms in total. The van der Waals surface area contributed by atoms with Gasteiger partial charge in [-0.05, 0) is 49.8 Å². The second-order valence-corrected chi connectivity index (χ2v) is 7.94. The number of aromatic hydroxyl groups is 1. The molecule has 2 aliphatic carbocycles. The first-order valence-electron chi connectivity index (χ1n) is 9.24. The zero-order valence-electron chi connectivity index (χ0n) is 15.1. The number of hydrogen-bond acceptors (Lipinski definition) is 4. The van der Waals surface area contributed by atoms with Crippen molar-refractivity contribution in [2.75, 3.05) is 20.2 Å². The van der Waals surface area contributed by atoms with Crippen molar-refractivity contribution in [1.29, 1.82) is 0 Å². The Morgan fingerprint density at radius 2 is 2.28 bits per heavy atom. The van der Waals surface area contributed by atoms with Crippen LogP contribution in [-0.2, 0) is 21.4 Å². The highest BCUT2D eigenvalue weighted by Crippen LogP contribution is 2.57. The number of carbonyl (C=O) groups is 1. The molecule has 1 aromatic carbocycles. The fraction of sp³-hybridized carbons (Fsp3) is 0.571. The molecule has 1 aliphatic heterocycles. The maximum absolute atomic E-state index is 12.8. The van der Waals surface area contributed by atoms with Crippen LogP contribution in [0.1, 0.15) is 36.0 Å². The van der Waals surface area contributed by atoms with Gasteiger partial charge in [0.25, 0.3) is 0 Å². The first-order chi connectivity index (χ1) is 12.0. The lowest BCUT2D eigenvalue weighted by atomic mass is 9.51. The molecular formula is C21H27NO3. The summed E-state index contributed by atoms with van der Waals surface area (Å²) in [6, 6.07) is 4.54. The highest BCUT2D eigenvalue weighted by Gasteiger charge is 2.58. The van der Waals surface area contributed by atoms with E-state index in [0.717, 1.165) is 43.5 Å². The number of ketones is 1. The molecule has 2 fully saturated rings. The predicted molar refractivity (Wildman–Crippen MR) is 96.9 cm³/mol. The molecule has 0 spiro atoms. The standard InChI is InChI=1S/C21H27NO3/c1-4-8-22-9-7-21-12-17(23)18(25-3)11-15(21)16(22)10-14-6-5-13(2)20(24)19(14)21/h4-6,15-16,18,24H,1,7-12H2,2-3H3/t15-,16+,18?,21-/m1/s1. The number of rotatable bonds is 3. The average molecular weight is 341 g/mol. The molecule has 1 saturated heterocycles. The molecule has 0 aromatic heterocycles. The highest BCUT2D eigenvalue weighted by molar-refractivity contribution is 5.86. The molecule has 4 rings (SSSR count). The molecule has 1 aromatic rings. The molecule has 1 heterocycles. The van der Waals surface area contributed by atoms with Crippen LogP contribution in [0.15, 0.2) is 24.8 Å². The van der Waals surface area contributed by atoms with Crippen LogP contribution in [0.3, 0.4) is 0 Å². The Hall–Kier alpha value is -1.65. The van der Waals surface area contributed by atoms with Crippen molar-refractivity contribution in [3.8, 4) is 5.75 Å². The first-order valence-corrected chi connectivity index (χ1v) is 9.24. The summed E-state index contributed by atoms with van der Waals surface area (Å²) in [6.07, 6.45) is 4.73. The van der Waals surface area contributed by atoms with Gasteiger partial charge in [0.1, 0.15) is 11.9 Å². The molecule has 4 atom stereocenters. The van der Waals surface area contributed by atoms with Crippen LogP contribution >= 0.6 is 0 Å². The summed E-state index contributed by atoms with van der Waals surface area (Å²) in [5.74, 6) is 0.925. The quantitative estimate of drug-likeness (QED) is 0.859. The van der Waals surface area contributed by atoms with Gasteiger partial charge >= 0.3 is 0 Å². The van der Waals surface area contributed by atoms with Crippen molar-refractivity contribution < 1.29 is 14.6 Å².